The Kier molecular flexibility index (Phi) is 5.05. The lowest BCUT2D eigenvalue weighted by Gasteiger charge is -2.28. The zero-order chi connectivity index (χ0) is 14.6. The minimum atomic E-state index is -0.686. The number of hydrogen-bond acceptors (Lipinski definition) is 4. The molecule has 1 aromatic carbocycles. The minimum Gasteiger partial charge on any atom is -0.468 e. The number of rotatable bonds is 7. The summed E-state index contributed by atoms with van der Waals surface area (Å²) < 4.78 is 18.4. The van der Waals surface area contributed by atoms with Gasteiger partial charge in [0.05, 0.1) is 7.11 Å². The Hall–Kier alpha value is -1.07. The number of ether oxygens (including phenoxy) is 1. The zero-order valence-electron chi connectivity index (χ0n) is 11.8. The topological polar surface area (TPSA) is 38.3 Å². The molecule has 1 aliphatic rings. The summed E-state index contributed by atoms with van der Waals surface area (Å²) >= 11 is 1.43. The van der Waals surface area contributed by atoms with E-state index >= 15 is 0 Å². The van der Waals surface area contributed by atoms with E-state index in [0.717, 1.165) is 12.8 Å². The van der Waals surface area contributed by atoms with Crippen molar-refractivity contribution in [3.8, 4) is 0 Å². The summed E-state index contributed by atoms with van der Waals surface area (Å²) in [5.41, 5.74) is -0.686. The highest BCUT2D eigenvalue weighted by Gasteiger charge is 2.38. The van der Waals surface area contributed by atoms with Crippen molar-refractivity contribution in [2.45, 2.75) is 42.7 Å². The monoisotopic (exact) mass is 297 g/mol. The van der Waals surface area contributed by atoms with Gasteiger partial charge in [-0.25, -0.2) is 4.39 Å². The van der Waals surface area contributed by atoms with Gasteiger partial charge in [-0.05, 0) is 38.3 Å². The number of hydrogen-bond donors (Lipinski definition) is 1. The molecule has 1 saturated carbocycles. The Morgan fingerprint density at radius 3 is 2.80 bits per heavy atom. The second-order valence-electron chi connectivity index (χ2n) is 5.27. The Labute approximate surface area is 123 Å². The lowest BCUT2D eigenvalue weighted by atomic mass is 9.99. The van der Waals surface area contributed by atoms with Crippen LogP contribution in [0, 0.1) is 5.82 Å². The van der Waals surface area contributed by atoms with Crippen LogP contribution in [0.5, 0.6) is 0 Å². The smallest absolute Gasteiger partial charge is 0.325 e. The van der Waals surface area contributed by atoms with Crippen molar-refractivity contribution in [1.82, 2.24) is 5.32 Å². The van der Waals surface area contributed by atoms with Crippen LogP contribution in [-0.2, 0) is 9.53 Å². The van der Waals surface area contributed by atoms with E-state index < -0.39 is 5.54 Å². The van der Waals surface area contributed by atoms with Crippen LogP contribution in [0.15, 0.2) is 29.2 Å². The van der Waals surface area contributed by atoms with Crippen LogP contribution in [0.3, 0.4) is 0 Å². The molecule has 1 aromatic rings. The molecule has 0 heterocycles. The molecule has 5 heteroatoms. The summed E-state index contributed by atoms with van der Waals surface area (Å²) in [6, 6.07) is 7.10. The average Bonchev–Trinajstić information content (AvgIpc) is 3.23. The van der Waals surface area contributed by atoms with Gasteiger partial charge in [0.1, 0.15) is 11.4 Å². The maximum absolute atomic E-state index is 13.5. The summed E-state index contributed by atoms with van der Waals surface area (Å²) in [4.78, 5) is 12.6. The van der Waals surface area contributed by atoms with E-state index in [2.05, 4.69) is 5.32 Å². The average molecular weight is 297 g/mol. The van der Waals surface area contributed by atoms with Gasteiger partial charge in [0.25, 0.3) is 0 Å². The van der Waals surface area contributed by atoms with Gasteiger partial charge in [0.15, 0.2) is 0 Å². The number of carbonyl (C=O) groups is 1. The predicted molar refractivity (Wildman–Crippen MR) is 78.3 cm³/mol. The van der Waals surface area contributed by atoms with Gasteiger partial charge in [0, 0.05) is 16.7 Å². The fraction of sp³-hybridized carbons (Fsp3) is 0.533. The molecular formula is C15H20FNO2S. The molecule has 1 N–H and O–H groups in total. The molecule has 2 rings (SSSR count). The second kappa shape index (κ2) is 6.59. The summed E-state index contributed by atoms with van der Waals surface area (Å²) in [6.07, 6.45) is 2.81. The maximum Gasteiger partial charge on any atom is 0.325 e. The lowest BCUT2D eigenvalue weighted by Crippen LogP contribution is -2.51. The largest absolute Gasteiger partial charge is 0.468 e. The van der Waals surface area contributed by atoms with Crippen molar-refractivity contribution in [3.05, 3.63) is 30.1 Å². The standard InChI is InChI=1S/C15H20FNO2S/c1-15(14(18)19-2,17-11-7-8-11)9-10-20-13-6-4-3-5-12(13)16/h3-6,11,17H,7-10H2,1-2H3. The van der Waals surface area contributed by atoms with Crippen LogP contribution in [0.4, 0.5) is 4.39 Å². The third-order valence-electron chi connectivity index (χ3n) is 3.43. The zero-order valence-corrected chi connectivity index (χ0v) is 12.6. The van der Waals surface area contributed by atoms with Crippen molar-refractivity contribution in [3.63, 3.8) is 0 Å². The fourth-order valence-corrected chi connectivity index (χ4v) is 3.17. The summed E-state index contributed by atoms with van der Waals surface area (Å²) in [7, 11) is 1.40. The molecule has 1 fully saturated rings. The molecule has 1 unspecified atom stereocenters. The molecule has 0 amide bonds. The molecule has 0 saturated heterocycles. The number of methoxy groups -OCH3 is 1. The first-order valence-corrected chi connectivity index (χ1v) is 7.77. The number of esters is 1. The summed E-state index contributed by atoms with van der Waals surface area (Å²) in [5.74, 6) is 0.192. The van der Waals surface area contributed by atoms with Crippen LogP contribution in [0.1, 0.15) is 26.2 Å². The van der Waals surface area contributed by atoms with Gasteiger partial charge < -0.3 is 4.74 Å². The van der Waals surface area contributed by atoms with Crippen molar-refractivity contribution >= 4 is 17.7 Å². The van der Waals surface area contributed by atoms with E-state index in [4.69, 9.17) is 4.74 Å². The van der Waals surface area contributed by atoms with Gasteiger partial charge in [-0.1, -0.05) is 12.1 Å². The Morgan fingerprint density at radius 1 is 1.50 bits per heavy atom. The molecule has 20 heavy (non-hydrogen) atoms. The first-order chi connectivity index (χ1) is 9.55. The molecular weight excluding hydrogens is 277 g/mol. The number of carbonyl (C=O) groups excluding carboxylic acids is 1. The SMILES string of the molecule is COC(=O)C(C)(CCSc1ccccc1F)NC1CC1. The molecule has 110 valence electrons. The van der Waals surface area contributed by atoms with E-state index in [0.29, 0.717) is 23.1 Å². The first kappa shape index (κ1) is 15.3. The van der Waals surface area contributed by atoms with Gasteiger partial charge in [-0.15, -0.1) is 11.8 Å². The van der Waals surface area contributed by atoms with Crippen LogP contribution in [0.2, 0.25) is 0 Å². The first-order valence-electron chi connectivity index (χ1n) is 6.78. The highest BCUT2D eigenvalue weighted by atomic mass is 32.2. The number of thioether (sulfide) groups is 1. The summed E-state index contributed by atoms with van der Waals surface area (Å²) in [5, 5.41) is 3.34. The molecule has 1 aliphatic carbocycles. The van der Waals surface area contributed by atoms with Crippen LogP contribution in [0.25, 0.3) is 0 Å². The van der Waals surface area contributed by atoms with Crippen molar-refractivity contribution < 1.29 is 13.9 Å². The number of nitrogens with one attached hydrogen (secondary N) is 1. The van der Waals surface area contributed by atoms with Gasteiger partial charge >= 0.3 is 5.97 Å². The van der Waals surface area contributed by atoms with E-state index in [1.54, 1.807) is 12.1 Å². The Balaban J connectivity index is 1.91. The van der Waals surface area contributed by atoms with Crippen LogP contribution in [-0.4, -0.2) is 30.4 Å². The third kappa shape index (κ3) is 3.96. The molecule has 1 atom stereocenters. The van der Waals surface area contributed by atoms with Crippen molar-refractivity contribution in [2.24, 2.45) is 0 Å². The molecule has 0 bridgehead atoms. The molecule has 0 aromatic heterocycles. The van der Waals surface area contributed by atoms with E-state index in [-0.39, 0.29) is 11.8 Å². The number of halogens is 1. The maximum atomic E-state index is 13.5. The van der Waals surface area contributed by atoms with Gasteiger partial charge in [-0.2, -0.15) is 0 Å². The van der Waals surface area contributed by atoms with E-state index in [1.165, 1.54) is 24.9 Å². The van der Waals surface area contributed by atoms with E-state index in [1.807, 2.05) is 13.0 Å². The van der Waals surface area contributed by atoms with Crippen molar-refractivity contribution in [1.29, 1.82) is 0 Å². The Bertz CT molecular complexity index is 479. The second-order valence-corrected chi connectivity index (χ2v) is 6.41. The molecule has 0 radical (unpaired) electrons. The minimum absolute atomic E-state index is 0.215. The summed E-state index contributed by atoms with van der Waals surface area (Å²) in [6.45, 7) is 1.86. The lowest BCUT2D eigenvalue weighted by molar-refractivity contribution is -0.148. The molecule has 3 nitrogen and oxygen atoms in total. The fourth-order valence-electron chi connectivity index (χ4n) is 2.06. The third-order valence-corrected chi connectivity index (χ3v) is 4.48. The van der Waals surface area contributed by atoms with Crippen LogP contribution >= 0.6 is 11.8 Å². The Morgan fingerprint density at radius 2 is 2.20 bits per heavy atom. The quantitative estimate of drug-likeness (QED) is 0.620. The molecule has 0 aliphatic heterocycles. The van der Waals surface area contributed by atoms with Crippen molar-refractivity contribution in [2.75, 3.05) is 12.9 Å². The highest BCUT2D eigenvalue weighted by molar-refractivity contribution is 7.99. The predicted octanol–water partition coefficient (Wildman–Crippen LogP) is 2.99. The van der Waals surface area contributed by atoms with E-state index in [9.17, 15) is 9.18 Å². The van der Waals surface area contributed by atoms with Gasteiger partial charge in [0.2, 0.25) is 0 Å². The van der Waals surface area contributed by atoms with Crippen LogP contribution < -0.4 is 5.32 Å². The normalized spacial score (nSPS) is 17.6. The van der Waals surface area contributed by atoms with Gasteiger partial charge in [-0.3, -0.25) is 10.1 Å². The molecule has 0 spiro atoms. The number of benzene rings is 1. The highest BCUT2D eigenvalue weighted by Crippen LogP contribution is 2.28.